The number of aromatic nitrogens is 2. The molecule has 0 spiro atoms. The van der Waals surface area contributed by atoms with Crippen LogP contribution < -0.4 is 20.9 Å². The SMILES string of the molecule is Cc1cc(C)nc(NNC(=O)COc2cccc(NC(=O)c3ccco3)c2)n1. The molecular weight excluding hydrogens is 362 g/mol. The van der Waals surface area contributed by atoms with E-state index < -0.39 is 5.91 Å². The Bertz CT molecular complexity index is 952. The molecule has 3 rings (SSSR count). The second kappa shape index (κ2) is 8.67. The summed E-state index contributed by atoms with van der Waals surface area (Å²) in [5.74, 6) is 0.138. The first-order valence-corrected chi connectivity index (χ1v) is 8.44. The monoisotopic (exact) mass is 381 g/mol. The molecule has 0 atom stereocenters. The Hall–Kier alpha value is -3.88. The van der Waals surface area contributed by atoms with Gasteiger partial charge in [0, 0.05) is 23.1 Å². The number of carbonyl (C=O) groups is 2. The maximum atomic E-state index is 12.0. The molecule has 0 saturated carbocycles. The molecule has 3 N–H and O–H groups in total. The molecule has 28 heavy (non-hydrogen) atoms. The standard InChI is InChI=1S/C19H19N5O4/c1-12-9-13(2)21-19(20-12)24-23-17(25)11-28-15-6-3-5-14(10-15)22-18(26)16-7-4-8-27-16/h3-10H,11H2,1-2H3,(H,22,26)(H,23,25)(H,20,21,24). The molecule has 2 amide bonds. The third-order valence-corrected chi connectivity index (χ3v) is 3.50. The van der Waals surface area contributed by atoms with Gasteiger partial charge in [-0.1, -0.05) is 6.07 Å². The highest BCUT2D eigenvalue weighted by Gasteiger charge is 2.10. The number of ether oxygens (including phenoxy) is 1. The van der Waals surface area contributed by atoms with Crippen LogP contribution in [0, 0.1) is 13.8 Å². The van der Waals surface area contributed by atoms with Crippen molar-refractivity contribution in [3.8, 4) is 5.75 Å². The molecule has 2 heterocycles. The van der Waals surface area contributed by atoms with Gasteiger partial charge < -0.3 is 14.5 Å². The summed E-state index contributed by atoms with van der Waals surface area (Å²) in [5, 5.41) is 2.69. The molecule has 0 fully saturated rings. The number of hydrogen-bond donors (Lipinski definition) is 3. The van der Waals surface area contributed by atoms with Crippen LogP contribution in [0.3, 0.4) is 0 Å². The van der Waals surface area contributed by atoms with Gasteiger partial charge in [0.1, 0.15) is 5.75 Å². The number of hydrazine groups is 1. The van der Waals surface area contributed by atoms with Crippen molar-refractivity contribution in [1.29, 1.82) is 0 Å². The van der Waals surface area contributed by atoms with Crippen molar-refractivity contribution in [2.45, 2.75) is 13.8 Å². The van der Waals surface area contributed by atoms with Crippen molar-refractivity contribution in [2.24, 2.45) is 0 Å². The lowest BCUT2D eigenvalue weighted by atomic mass is 10.3. The molecule has 0 aliphatic rings. The van der Waals surface area contributed by atoms with E-state index >= 15 is 0 Å². The summed E-state index contributed by atoms with van der Waals surface area (Å²) in [6, 6.07) is 11.7. The fourth-order valence-corrected chi connectivity index (χ4v) is 2.36. The van der Waals surface area contributed by atoms with E-state index in [0.29, 0.717) is 17.4 Å². The van der Waals surface area contributed by atoms with Gasteiger partial charge in [-0.15, -0.1) is 0 Å². The Morgan fingerprint density at radius 1 is 1.07 bits per heavy atom. The number of rotatable bonds is 7. The average Bonchev–Trinajstić information content (AvgIpc) is 3.19. The number of nitrogens with one attached hydrogen (secondary N) is 3. The van der Waals surface area contributed by atoms with Crippen molar-refractivity contribution < 1.29 is 18.7 Å². The lowest BCUT2D eigenvalue weighted by Gasteiger charge is -2.10. The zero-order valence-corrected chi connectivity index (χ0v) is 15.4. The van der Waals surface area contributed by atoms with Crippen molar-refractivity contribution in [3.05, 3.63) is 65.9 Å². The first-order chi connectivity index (χ1) is 13.5. The molecule has 144 valence electrons. The molecule has 0 aliphatic carbocycles. The minimum atomic E-state index is -0.409. The molecule has 9 nitrogen and oxygen atoms in total. The molecule has 9 heteroatoms. The van der Waals surface area contributed by atoms with Gasteiger partial charge in [0.05, 0.1) is 6.26 Å². The summed E-state index contributed by atoms with van der Waals surface area (Å²) in [5.41, 5.74) is 7.20. The van der Waals surface area contributed by atoms with E-state index in [1.54, 1.807) is 36.4 Å². The van der Waals surface area contributed by atoms with Crippen LogP contribution in [0.4, 0.5) is 11.6 Å². The largest absolute Gasteiger partial charge is 0.484 e. The van der Waals surface area contributed by atoms with Gasteiger partial charge in [-0.2, -0.15) is 0 Å². The van der Waals surface area contributed by atoms with E-state index in [1.807, 2.05) is 19.9 Å². The Kier molecular flexibility index (Phi) is 5.85. The summed E-state index contributed by atoms with van der Waals surface area (Å²) in [6.45, 7) is 3.44. The lowest BCUT2D eigenvalue weighted by molar-refractivity contribution is -0.122. The van der Waals surface area contributed by atoms with E-state index in [1.165, 1.54) is 6.26 Å². The number of carbonyl (C=O) groups excluding carboxylic acids is 2. The van der Waals surface area contributed by atoms with E-state index in [9.17, 15) is 9.59 Å². The number of furan rings is 1. The minimum absolute atomic E-state index is 0.199. The van der Waals surface area contributed by atoms with Gasteiger partial charge in [-0.3, -0.25) is 20.4 Å². The Morgan fingerprint density at radius 3 is 2.57 bits per heavy atom. The highest BCUT2D eigenvalue weighted by molar-refractivity contribution is 6.02. The third-order valence-electron chi connectivity index (χ3n) is 3.50. The van der Waals surface area contributed by atoms with Crippen molar-refractivity contribution in [3.63, 3.8) is 0 Å². The molecule has 0 saturated heterocycles. The van der Waals surface area contributed by atoms with E-state index in [0.717, 1.165) is 11.4 Å². The molecule has 2 aromatic heterocycles. The minimum Gasteiger partial charge on any atom is -0.484 e. The molecule has 3 aromatic rings. The molecule has 0 unspecified atom stereocenters. The van der Waals surface area contributed by atoms with Crippen LogP contribution in [0.15, 0.2) is 53.1 Å². The number of amides is 2. The van der Waals surface area contributed by atoms with Crippen LogP contribution in [0.25, 0.3) is 0 Å². The van der Waals surface area contributed by atoms with E-state index in [-0.39, 0.29) is 18.3 Å². The second-order valence-corrected chi connectivity index (χ2v) is 5.90. The number of nitrogens with zero attached hydrogens (tertiary/aromatic N) is 2. The van der Waals surface area contributed by atoms with Crippen LogP contribution >= 0.6 is 0 Å². The topological polar surface area (TPSA) is 118 Å². The fraction of sp³-hybridized carbons (Fsp3) is 0.158. The first-order valence-electron chi connectivity index (χ1n) is 8.44. The fourth-order valence-electron chi connectivity index (χ4n) is 2.36. The van der Waals surface area contributed by atoms with Gasteiger partial charge in [0.25, 0.3) is 11.8 Å². The van der Waals surface area contributed by atoms with Crippen LogP contribution in [-0.2, 0) is 4.79 Å². The van der Waals surface area contributed by atoms with Crippen molar-refractivity contribution in [1.82, 2.24) is 15.4 Å². The second-order valence-electron chi connectivity index (χ2n) is 5.90. The Morgan fingerprint density at radius 2 is 1.86 bits per heavy atom. The first kappa shape index (κ1) is 18.9. The predicted octanol–water partition coefficient (Wildman–Crippen LogP) is 2.46. The van der Waals surface area contributed by atoms with E-state index in [4.69, 9.17) is 9.15 Å². The zero-order valence-electron chi connectivity index (χ0n) is 15.4. The predicted molar refractivity (Wildman–Crippen MR) is 102 cm³/mol. The van der Waals surface area contributed by atoms with Gasteiger partial charge >= 0.3 is 0 Å². The molecule has 0 bridgehead atoms. The zero-order chi connectivity index (χ0) is 19.9. The van der Waals surface area contributed by atoms with Gasteiger partial charge in [0.15, 0.2) is 12.4 Å². The van der Waals surface area contributed by atoms with Gasteiger partial charge in [-0.05, 0) is 44.2 Å². The van der Waals surface area contributed by atoms with Crippen molar-refractivity contribution >= 4 is 23.5 Å². The maximum absolute atomic E-state index is 12.0. The summed E-state index contributed by atoms with van der Waals surface area (Å²) in [4.78, 5) is 32.2. The van der Waals surface area contributed by atoms with Crippen LogP contribution in [-0.4, -0.2) is 28.4 Å². The van der Waals surface area contributed by atoms with Crippen LogP contribution in [0.1, 0.15) is 21.9 Å². The summed E-state index contributed by atoms with van der Waals surface area (Å²) < 4.78 is 10.5. The van der Waals surface area contributed by atoms with Crippen LogP contribution in [0.2, 0.25) is 0 Å². The van der Waals surface area contributed by atoms with Gasteiger partial charge in [0.2, 0.25) is 5.95 Å². The number of anilines is 2. The Labute approximate surface area is 161 Å². The average molecular weight is 381 g/mol. The highest BCUT2D eigenvalue weighted by Crippen LogP contribution is 2.18. The Balaban J connectivity index is 1.50. The summed E-state index contributed by atoms with van der Waals surface area (Å²) in [7, 11) is 0. The highest BCUT2D eigenvalue weighted by atomic mass is 16.5. The summed E-state index contributed by atoms with van der Waals surface area (Å²) >= 11 is 0. The number of hydrogen-bond acceptors (Lipinski definition) is 7. The van der Waals surface area contributed by atoms with Crippen molar-refractivity contribution in [2.75, 3.05) is 17.3 Å². The molecule has 0 aliphatic heterocycles. The van der Waals surface area contributed by atoms with Crippen LogP contribution in [0.5, 0.6) is 5.75 Å². The quantitative estimate of drug-likeness (QED) is 0.538. The van der Waals surface area contributed by atoms with E-state index in [2.05, 4.69) is 26.1 Å². The normalized spacial score (nSPS) is 10.2. The smallest absolute Gasteiger partial charge is 0.291 e. The lowest BCUT2D eigenvalue weighted by Crippen LogP contribution is -2.34. The molecule has 0 radical (unpaired) electrons. The third kappa shape index (κ3) is 5.31. The molecular formula is C19H19N5O4. The molecule has 1 aromatic carbocycles. The van der Waals surface area contributed by atoms with Gasteiger partial charge in [-0.25, -0.2) is 9.97 Å². The number of aryl methyl sites for hydroxylation is 2. The summed E-state index contributed by atoms with van der Waals surface area (Å²) in [6.07, 6.45) is 1.42. The number of benzene rings is 1. The maximum Gasteiger partial charge on any atom is 0.291 e.